The predicted octanol–water partition coefficient (Wildman–Crippen LogP) is 2.78. The average Bonchev–Trinajstić information content (AvgIpc) is 2.81. The molecule has 164 valence electrons. The van der Waals surface area contributed by atoms with E-state index in [1.54, 1.807) is 12.1 Å². The van der Waals surface area contributed by atoms with Crippen molar-refractivity contribution in [1.29, 1.82) is 5.26 Å². The van der Waals surface area contributed by atoms with Crippen molar-refractivity contribution in [3.63, 3.8) is 0 Å². The maximum atomic E-state index is 12.8. The van der Waals surface area contributed by atoms with Gasteiger partial charge in [0.05, 0.1) is 29.5 Å². The molecule has 2 aromatic rings. The highest BCUT2D eigenvalue weighted by Gasteiger charge is 2.44. The molecule has 1 aliphatic rings. The normalized spacial score (nSPS) is 17.8. The van der Waals surface area contributed by atoms with E-state index in [0.29, 0.717) is 12.1 Å². The van der Waals surface area contributed by atoms with Gasteiger partial charge in [-0.2, -0.15) is 5.26 Å². The van der Waals surface area contributed by atoms with Gasteiger partial charge >= 0.3 is 5.97 Å². The van der Waals surface area contributed by atoms with E-state index in [2.05, 4.69) is 16.7 Å². The molecule has 0 bridgehead atoms. The first kappa shape index (κ1) is 23.1. The summed E-state index contributed by atoms with van der Waals surface area (Å²) in [6.45, 7) is 2.30. The molecule has 0 unspecified atom stereocenters. The Morgan fingerprint density at radius 2 is 1.84 bits per heavy atom. The molecule has 0 saturated carbocycles. The first-order valence-corrected chi connectivity index (χ1v) is 11.0. The lowest BCUT2D eigenvalue weighted by atomic mass is 9.78. The zero-order valence-electron chi connectivity index (χ0n) is 17.8. The molecule has 2 atom stereocenters. The van der Waals surface area contributed by atoms with Gasteiger partial charge in [-0.1, -0.05) is 71.9 Å². The van der Waals surface area contributed by atoms with Crippen LogP contribution in [-0.2, 0) is 25.7 Å². The Morgan fingerprint density at radius 3 is 2.47 bits per heavy atom. The number of allylic oxidation sites excluding steroid dienone is 1. The maximum Gasteiger partial charge on any atom is 0.319 e. The molecule has 0 aromatic heterocycles. The molecule has 1 heterocycles. The molecule has 0 aliphatic carbocycles. The highest BCUT2D eigenvalue weighted by Crippen LogP contribution is 2.40. The summed E-state index contributed by atoms with van der Waals surface area (Å²) >= 11 is 1.06. The number of benzene rings is 2. The van der Waals surface area contributed by atoms with Crippen LogP contribution < -0.4 is 10.6 Å². The van der Waals surface area contributed by atoms with Crippen LogP contribution in [-0.4, -0.2) is 30.6 Å². The molecule has 0 saturated heterocycles. The second-order valence-corrected chi connectivity index (χ2v) is 8.27. The number of esters is 1. The molecule has 7 nitrogen and oxygen atoms in total. The number of carbonyl (C=O) groups is 3. The summed E-state index contributed by atoms with van der Waals surface area (Å²) in [5, 5.41) is 15.6. The van der Waals surface area contributed by atoms with Crippen molar-refractivity contribution in [3.8, 4) is 6.07 Å². The van der Waals surface area contributed by atoms with Crippen LogP contribution in [0.15, 0.2) is 65.2 Å². The second kappa shape index (κ2) is 10.6. The van der Waals surface area contributed by atoms with Crippen molar-refractivity contribution >= 4 is 29.5 Å². The first-order chi connectivity index (χ1) is 15.4. The monoisotopic (exact) mass is 449 g/mol. The third-order valence-corrected chi connectivity index (χ3v) is 6.12. The van der Waals surface area contributed by atoms with E-state index in [4.69, 9.17) is 4.74 Å². The Morgan fingerprint density at radius 1 is 1.16 bits per heavy atom. The maximum absolute atomic E-state index is 12.8. The van der Waals surface area contributed by atoms with Crippen LogP contribution in [0.2, 0.25) is 0 Å². The third-order valence-electron chi connectivity index (χ3n) is 5.10. The van der Waals surface area contributed by atoms with Gasteiger partial charge in [0.1, 0.15) is 5.92 Å². The predicted molar refractivity (Wildman–Crippen MR) is 121 cm³/mol. The number of aryl methyl sites for hydroxylation is 1. The zero-order chi connectivity index (χ0) is 23.1. The lowest BCUT2D eigenvalue weighted by molar-refractivity contribution is -0.150. The van der Waals surface area contributed by atoms with Gasteiger partial charge in [-0.25, -0.2) is 0 Å². The van der Waals surface area contributed by atoms with Crippen LogP contribution in [0.1, 0.15) is 22.6 Å². The van der Waals surface area contributed by atoms with Gasteiger partial charge < -0.3 is 15.4 Å². The summed E-state index contributed by atoms with van der Waals surface area (Å²) in [6, 6.07) is 18.9. The number of nitrogens with zero attached hydrogens (tertiary/aromatic N) is 1. The molecule has 1 aliphatic heterocycles. The van der Waals surface area contributed by atoms with E-state index < -0.39 is 23.7 Å². The summed E-state index contributed by atoms with van der Waals surface area (Å²) in [6.07, 6.45) is 0. The van der Waals surface area contributed by atoms with E-state index in [9.17, 15) is 19.6 Å². The summed E-state index contributed by atoms with van der Waals surface area (Å²) in [5.74, 6) is -3.49. The van der Waals surface area contributed by atoms with Crippen molar-refractivity contribution in [3.05, 3.63) is 81.9 Å². The van der Waals surface area contributed by atoms with Gasteiger partial charge in [-0.3, -0.25) is 14.4 Å². The topological polar surface area (TPSA) is 108 Å². The lowest BCUT2D eigenvalue weighted by Crippen LogP contribution is -2.44. The summed E-state index contributed by atoms with van der Waals surface area (Å²) in [5.41, 5.74) is 2.86. The fraction of sp³-hybridized carbons (Fsp3) is 0.250. The third kappa shape index (κ3) is 5.37. The number of hydrogen-bond acceptors (Lipinski definition) is 6. The largest absolute Gasteiger partial charge is 0.468 e. The molecule has 2 N–H and O–H groups in total. The van der Waals surface area contributed by atoms with Crippen molar-refractivity contribution in [1.82, 2.24) is 10.6 Å². The lowest BCUT2D eigenvalue weighted by Gasteiger charge is -2.31. The number of nitriles is 1. The Hall–Kier alpha value is -3.57. The van der Waals surface area contributed by atoms with Gasteiger partial charge in [0.15, 0.2) is 0 Å². The van der Waals surface area contributed by atoms with E-state index >= 15 is 0 Å². The highest BCUT2D eigenvalue weighted by molar-refractivity contribution is 8.03. The van der Waals surface area contributed by atoms with Crippen LogP contribution in [0.25, 0.3) is 0 Å². The Labute approximate surface area is 190 Å². The van der Waals surface area contributed by atoms with Gasteiger partial charge in [0.2, 0.25) is 11.8 Å². The van der Waals surface area contributed by atoms with Crippen molar-refractivity contribution in [2.45, 2.75) is 19.4 Å². The fourth-order valence-corrected chi connectivity index (χ4v) is 4.32. The molecule has 32 heavy (non-hydrogen) atoms. The quantitative estimate of drug-likeness (QED) is 0.497. The number of methoxy groups -OCH3 is 1. The standard InChI is InChI=1S/C24H23N3O4S/c1-15-8-10-17(11-9-15)20-18(12-25)23(27-22(29)21(20)24(30)31-2)32-14-19(28)26-13-16-6-4-3-5-7-16/h3-11,20-21H,13-14H2,1-2H3,(H,26,28)(H,27,29)/t20-,21+/m0/s1. The Bertz CT molecular complexity index is 1070. The number of ether oxygens (including phenoxy) is 1. The summed E-state index contributed by atoms with van der Waals surface area (Å²) in [7, 11) is 1.21. The Kier molecular flexibility index (Phi) is 7.68. The van der Waals surface area contributed by atoms with Gasteiger partial charge in [-0.15, -0.1) is 0 Å². The SMILES string of the molecule is COC(=O)[C@H]1C(=O)NC(SCC(=O)NCc2ccccc2)=C(C#N)[C@@H]1c1ccc(C)cc1. The van der Waals surface area contributed by atoms with Crippen LogP contribution in [0.4, 0.5) is 0 Å². The minimum absolute atomic E-state index is 0.0110. The van der Waals surface area contributed by atoms with Crippen LogP contribution in [0.3, 0.4) is 0 Å². The second-order valence-electron chi connectivity index (χ2n) is 7.28. The van der Waals surface area contributed by atoms with Crippen LogP contribution >= 0.6 is 11.8 Å². The minimum atomic E-state index is -1.19. The van der Waals surface area contributed by atoms with Crippen molar-refractivity contribution in [2.24, 2.45) is 5.92 Å². The van der Waals surface area contributed by atoms with E-state index in [0.717, 1.165) is 22.9 Å². The molecule has 2 aromatic carbocycles. The molecular weight excluding hydrogens is 426 g/mol. The average molecular weight is 450 g/mol. The first-order valence-electron chi connectivity index (χ1n) is 9.97. The van der Waals surface area contributed by atoms with Crippen molar-refractivity contribution < 1.29 is 19.1 Å². The number of carbonyl (C=O) groups excluding carboxylic acids is 3. The summed E-state index contributed by atoms with van der Waals surface area (Å²) in [4.78, 5) is 37.5. The molecular formula is C24H23N3O4S. The van der Waals surface area contributed by atoms with Gasteiger partial charge in [0, 0.05) is 12.5 Å². The molecule has 0 spiro atoms. The van der Waals surface area contributed by atoms with E-state index in [-0.39, 0.29) is 22.3 Å². The highest BCUT2D eigenvalue weighted by atomic mass is 32.2. The number of hydrogen-bond donors (Lipinski definition) is 2. The fourth-order valence-electron chi connectivity index (χ4n) is 3.44. The number of nitrogens with one attached hydrogen (secondary N) is 2. The summed E-state index contributed by atoms with van der Waals surface area (Å²) < 4.78 is 4.83. The smallest absolute Gasteiger partial charge is 0.319 e. The van der Waals surface area contributed by atoms with Gasteiger partial charge in [0.25, 0.3) is 0 Å². The van der Waals surface area contributed by atoms with E-state index in [1.165, 1.54) is 7.11 Å². The number of thioether (sulfide) groups is 1. The van der Waals surface area contributed by atoms with Crippen LogP contribution in [0, 0.1) is 24.2 Å². The zero-order valence-corrected chi connectivity index (χ0v) is 18.6. The van der Waals surface area contributed by atoms with Gasteiger partial charge in [-0.05, 0) is 18.1 Å². The molecule has 3 rings (SSSR count). The number of amides is 2. The molecule has 0 fully saturated rings. The van der Waals surface area contributed by atoms with Crippen LogP contribution in [0.5, 0.6) is 0 Å². The molecule has 0 radical (unpaired) electrons. The Balaban J connectivity index is 1.82. The minimum Gasteiger partial charge on any atom is -0.468 e. The number of rotatable bonds is 7. The van der Waals surface area contributed by atoms with E-state index in [1.807, 2.05) is 49.4 Å². The van der Waals surface area contributed by atoms with Crippen molar-refractivity contribution in [2.75, 3.05) is 12.9 Å². The molecule has 8 heteroatoms. The molecule has 2 amide bonds.